The topological polar surface area (TPSA) is 149 Å². The minimum absolute atomic E-state index is 0.0247. The van der Waals surface area contributed by atoms with Crippen LogP contribution in [0.25, 0.3) is 0 Å². The van der Waals surface area contributed by atoms with Crippen molar-refractivity contribution in [3.05, 3.63) is 56.6 Å². The Bertz CT molecular complexity index is 1130. The van der Waals surface area contributed by atoms with Gasteiger partial charge in [-0.3, -0.25) is 9.52 Å². The minimum atomic E-state index is -3.77. The highest BCUT2D eigenvalue weighted by Crippen LogP contribution is 2.22. The fourth-order valence-corrected chi connectivity index (χ4v) is 4.48. The summed E-state index contributed by atoms with van der Waals surface area (Å²) in [7, 11) is -3.77. The van der Waals surface area contributed by atoms with Crippen LogP contribution in [-0.2, 0) is 21.4 Å². The molecule has 0 unspecified atom stereocenters. The Morgan fingerprint density at radius 3 is 2.62 bits per heavy atom. The molecule has 2 aromatic heterocycles. The monoisotopic (exact) mass is 500 g/mol. The molecule has 0 spiro atoms. The summed E-state index contributed by atoms with van der Waals surface area (Å²) in [6, 6.07) is 5.65. The van der Waals surface area contributed by atoms with E-state index in [1.54, 1.807) is 5.38 Å². The summed E-state index contributed by atoms with van der Waals surface area (Å²) in [5.74, 6) is -0.677. The normalized spacial score (nSPS) is 11.2. The van der Waals surface area contributed by atoms with Gasteiger partial charge in [-0.05, 0) is 45.1 Å². The Hall–Kier alpha value is -2.84. The lowest BCUT2D eigenvalue weighted by Crippen LogP contribution is -2.15. The summed E-state index contributed by atoms with van der Waals surface area (Å²) in [5, 5.41) is 19.1. The van der Waals surface area contributed by atoms with Crippen LogP contribution in [0.4, 0.5) is 16.6 Å². The van der Waals surface area contributed by atoms with E-state index in [2.05, 4.69) is 36.1 Å². The molecule has 3 aromatic rings. The lowest BCUT2D eigenvalue weighted by Gasteiger charge is -2.07. The van der Waals surface area contributed by atoms with Crippen LogP contribution < -0.4 is 10.0 Å². The minimum Gasteiger partial charge on any atom is -0.358 e. The Morgan fingerprint density at radius 2 is 2.03 bits per heavy atom. The molecule has 0 radical (unpaired) electrons. The van der Waals surface area contributed by atoms with Crippen molar-refractivity contribution in [1.82, 2.24) is 14.8 Å². The number of benzene rings is 1. The Morgan fingerprint density at radius 1 is 1.31 bits per heavy atom. The predicted octanol–water partition coefficient (Wildman–Crippen LogP) is 2.84. The molecule has 0 saturated heterocycles. The molecule has 0 saturated carbocycles. The molecule has 0 aliphatic heterocycles. The van der Waals surface area contributed by atoms with Crippen molar-refractivity contribution in [3.8, 4) is 0 Å². The summed E-state index contributed by atoms with van der Waals surface area (Å²) >= 11 is 4.19. The van der Waals surface area contributed by atoms with Crippen molar-refractivity contribution in [1.29, 1.82) is 0 Å². The molecule has 0 aliphatic rings. The third-order valence-electron chi connectivity index (χ3n) is 3.54. The van der Waals surface area contributed by atoms with Gasteiger partial charge in [-0.15, -0.1) is 11.3 Å². The molecule has 1 amide bonds. The number of nitro groups is 1. The Balaban J connectivity index is 1.57. The molecular weight excluding hydrogens is 488 g/mol. The largest absolute Gasteiger partial charge is 0.404 e. The number of halogens is 1. The highest BCUT2D eigenvalue weighted by atomic mass is 79.9. The summed E-state index contributed by atoms with van der Waals surface area (Å²) in [5.41, 5.74) is 0.413. The highest BCUT2D eigenvalue weighted by molar-refractivity contribution is 9.10. The molecule has 0 aliphatic carbocycles. The van der Waals surface area contributed by atoms with E-state index < -0.39 is 14.9 Å². The van der Waals surface area contributed by atoms with E-state index in [9.17, 15) is 23.3 Å². The summed E-state index contributed by atoms with van der Waals surface area (Å²) in [6.07, 6.45) is 2.93. The fraction of sp³-hybridized carbons (Fsp3) is 0.133. The number of hydrogen-bond donors (Lipinski definition) is 2. The average Bonchev–Trinajstić information content (AvgIpc) is 3.29. The average molecular weight is 501 g/mol. The van der Waals surface area contributed by atoms with E-state index in [4.69, 9.17) is 0 Å². The number of carbonyl (C=O) groups is 1. The number of thiazole rings is 1. The SMILES string of the molecule is O=C(CCn1cc(Br)c([N+](=O)[O-])n1)Nc1ccc(S(=O)(=O)Nc2nccs2)cc1. The molecule has 0 bridgehead atoms. The van der Waals surface area contributed by atoms with Gasteiger partial charge in [-0.1, -0.05) is 0 Å². The van der Waals surface area contributed by atoms with Gasteiger partial charge in [0.1, 0.15) is 4.47 Å². The van der Waals surface area contributed by atoms with Gasteiger partial charge in [0.2, 0.25) is 5.91 Å². The van der Waals surface area contributed by atoms with Crippen molar-refractivity contribution >= 4 is 59.8 Å². The molecule has 2 N–H and O–H groups in total. The number of aryl methyl sites for hydroxylation is 1. The predicted molar refractivity (Wildman–Crippen MR) is 109 cm³/mol. The maximum Gasteiger partial charge on any atom is 0.404 e. The van der Waals surface area contributed by atoms with E-state index >= 15 is 0 Å². The molecule has 11 nitrogen and oxygen atoms in total. The maximum absolute atomic E-state index is 12.3. The van der Waals surface area contributed by atoms with Crippen LogP contribution in [0.1, 0.15) is 6.42 Å². The van der Waals surface area contributed by atoms with Crippen LogP contribution in [0.2, 0.25) is 0 Å². The van der Waals surface area contributed by atoms with Crippen molar-refractivity contribution < 1.29 is 18.1 Å². The molecular formula is C15H13BrN6O5S2. The second kappa shape index (κ2) is 8.67. The van der Waals surface area contributed by atoms with Crippen LogP contribution in [-0.4, -0.2) is 34.0 Å². The zero-order chi connectivity index (χ0) is 21.0. The number of nitrogens with zero attached hydrogens (tertiary/aromatic N) is 4. The van der Waals surface area contributed by atoms with Crippen LogP contribution in [0.15, 0.2) is 51.4 Å². The first-order valence-electron chi connectivity index (χ1n) is 7.94. The zero-order valence-electron chi connectivity index (χ0n) is 14.5. The molecule has 0 fully saturated rings. The number of rotatable bonds is 8. The number of sulfonamides is 1. The van der Waals surface area contributed by atoms with Crippen molar-refractivity contribution in [3.63, 3.8) is 0 Å². The number of aromatic nitrogens is 3. The van der Waals surface area contributed by atoms with Crippen LogP contribution in [0.3, 0.4) is 0 Å². The van der Waals surface area contributed by atoms with Gasteiger partial charge in [0.15, 0.2) is 5.13 Å². The zero-order valence-corrected chi connectivity index (χ0v) is 17.7. The number of hydrogen-bond acceptors (Lipinski definition) is 8. The molecule has 152 valence electrons. The lowest BCUT2D eigenvalue weighted by atomic mass is 10.3. The van der Waals surface area contributed by atoms with E-state index in [1.807, 2.05) is 0 Å². The van der Waals surface area contributed by atoms with Gasteiger partial charge in [0.25, 0.3) is 10.0 Å². The third kappa shape index (κ3) is 5.36. The number of anilines is 2. The first kappa shape index (κ1) is 20.9. The molecule has 2 heterocycles. The maximum atomic E-state index is 12.3. The quantitative estimate of drug-likeness (QED) is 0.356. The Labute approximate surface area is 177 Å². The Kier molecular flexibility index (Phi) is 6.24. The van der Waals surface area contributed by atoms with Gasteiger partial charge in [-0.2, -0.15) is 4.68 Å². The first-order valence-corrected chi connectivity index (χ1v) is 11.1. The first-order chi connectivity index (χ1) is 13.7. The summed E-state index contributed by atoms with van der Waals surface area (Å²) < 4.78 is 28.4. The standard InChI is InChI=1S/C15H13BrN6O5S2/c16-12-9-21(19-14(12)22(24)25)7-5-13(23)18-10-1-3-11(4-2-10)29(26,27)20-15-17-6-8-28-15/h1-4,6,8-9H,5,7H2,(H,17,20)(H,18,23). The van der Waals surface area contributed by atoms with Crippen LogP contribution in [0, 0.1) is 10.1 Å². The highest BCUT2D eigenvalue weighted by Gasteiger charge is 2.19. The van der Waals surface area contributed by atoms with Crippen molar-refractivity contribution in [2.45, 2.75) is 17.9 Å². The fourth-order valence-electron chi connectivity index (χ4n) is 2.23. The smallest absolute Gasteiger partial charge is 0.358 e. The second-order valence-corrected chi connectivity index (χ2v) is 9.02. The van der Waals surface area contributed by atoms with E-state index in [0.717, 1.165) is 11.3 Å². The van der Waals surface area contributed by atoms with E-state index in [1.165, 1.54) is 41.3 Å². The molecule has 3 rings (SSSR count). The molecule has 29 heavy (non-hydrogen) atoms. The van der Waals surface area contributed by atoms with Crippen LogP contribution in [0.5, 0.6) is 0 Å². The summed E-state index contributed by atoms with van der Waals surface area (Å²) in [6.45, 7) is 0.141. The number of amides is 1. The van der Waals surface area contributed by atoms with E-state index in [-0.39, 0.29) is 39.2 Å². The number of carbonyl (C=O) groups excluding carboxylic acids is 1. The van der Waals surface area contributed by atoms with E-state index in [0.29, 0.717) is 5.69 Å². The van der Waals surface area contributed by atoms with Crippen molar-refractivity contribution in [2.75, 3.05) is 10.0 Å². The van der Waals surface area contributed by atoms with Gasteiger partial charge >= 0.3 is 5.82 Å². The van der Waals surface area contributed by atoms with Crippen LogP contribution >= 0.6 is 27.3 Å². The van der Waals surface area contributed by atoms with Gasteiger partial charge in [-0.25, -0.2) is 13.4 Å². The summed E-state index contributed by atoms with van der Waals surface area (Å²) in [4.78, 5) is 26.1. The van der Waals surface area contributed by atoms with Crippen molar-refractivity contribution in [2.24, 2.45) is 0 Å². The number of nitrogens with one attached hydrogen (secondary N) is 2. The third-order valence-corrected chi connectivity index (χ3v) is 6.27. The van der Waals surface area contributed by atoms with Gasteiger partial charge in [0, 0.05) is 23.7 Å². The lowest BCUT2D eigenvalue weighted by molar-refractivity contribution is -0.390. The van der Waals surface area contributed by atoms with Gasteiger partial charge < -0.3 is 15.4 Å². The molecule has 1 aromatic carbocycles. The molecule has 14 heteroatoms. The van der Waals surface area contributed by atoms with Gasteiger partial charge in [0.05, 0.1) is 22.7 Å². The second-order valence-electron chi connectivity index (χ2n) is 5.59. The molecule has 0 atom stereocenters.